The van der Waals surface area contributed by atoms with Gasteiger partial charge < -0.3 is 0 Å². The summed E-state index contributed by atoms with van der Waals surface area (Å²) in [5.41, 5.74) is 5.49. The lowest BCUT2D eigenvalue weighted by atomic mass is 10.2. The average Bonchev–Trinajstić information content (AvgIpc) is 3.05. The van der Waals surface area contributed by atoms with Gasteiger partial charge in [-0.2, -0.15) is 0 Å². The summed E-state index contributed by atoms with van der Waals surface area (Å²) in [5, 5.41) is 1.20. The maximum absolute atomic E-state index is 4.85. The Kier molecular flexibility index (Phi) is 2.06. The van der Waals surface area contributed by atoms with Gasteiger partial charge in [-0.15, -0.1) is 0 Å². The van der Waals surface area contributed by atoms with E-state index in [1.165, 1.54) is 10.9 Å². The molecule has 0 saturated heterocycles. The minimum atomic E-state index is 0.924. The van der Waals surface area contributed by atoms with Gasteiger partial charge in [0.1, 0.15) is 5.82 Å². The SMILES string of the molecule is Cc1nc(C)n2c1c1ccccc1n1c3ccccc3nc21. The summed E-state index contributed by atoms with van der Waals surface area (Å²) in [6, 6.07) is 16.7. The maximum Gasteiger partial charge on any atom is 0.221 e. The largest absolute Gasteiger partial charge is 0.277 e. The third kappa shape index (κ3) is 1.27. The van der Waals surface area contributed by atoms with E-state index >= 15 is 0 Å². The summed E-state index contributed by atoms with van der Waals surface area (Å²) in [7, 11) is 0. The van der Waals surface area contributed by atoms with Crippen LogP contribution in [-0.4, -0.2) is 18.8 Å². The van der Waals surface area contributed by atoms with Crippen LogP contribution < -0.4 is 0 Å². The molecule has 0 N–H and O–H groups in total. The molecule has 0 amide bonds. The van der Waals surface area contributed by atoms with Gasteiger partial charge in [0.15, 0.2) is 0 Å². The zero-order valence-corrected chi connectivity index (χ0v) is 12.4. The fourth-order valence-electron chi connectivity index (χ4n) is 3.50. The average molecular weight is 286 g/mol. The molecule has 0 atom stereocenters. The third-order valence-electron chi connectivity index (χ3n) is 4.36. The number of aromatic nitrogens is 4. The fourth-order valence-corrected chi connectivity index (χ4v) is 3.50. The molecular weight excluding hydrogens is 272 g/mol. The van der Waals surface area contributed by atoms with Crippen molar-refractivity contribution in [2.75, 3.05) is 0 Å². The van der Waals surface area contributed by atoms with Crippen LogP contribution in [-0.2, 0) is 0 Å². The first-order valence-electron chi connectivity index (χ1n) is 7.39. The van der Waals surface area contributed by atoms with Crippen molar-refractivity contribution >= 4 is 33.2 Å². The van der Waals surface area contributed by atoms with E-state index in [1.54, 1.807) is 0 Å². The van der Waals surface area contributed by atoms with Crippen molar-refractivity contribution < 1.29 is 0 Å². The molecule has 0 fully saturated rings. The van der Waals surface area contributed by atoms with E-state index in [0.29, 0.717) is 0 Å². The summed E-state index contributed by atoms with van der Waals surface area (Å²) in [4.78, 5) is 9.52. The number of aryl methyl sites for hydroxylation is 2. The predicted octanol–water partition coefficient (Wildman–Crippen LogP) is 3.91. The second-order valence-corrected chi connectivity index (χ2v) is 5.68. The van der Waals surface area contributed by atoms with Crippen molar-refractivity contribution in [3.63, 3.8) is 0 Å². The number of fused-ring (bicyclic) bond motifs is 8. The molecule has 0 aliphatic heterocycles. The van der Waals surface area contributed by atoms with Crippen LogP contribution in [0.5, 0.6) is 0 Å². The molecule has 5 aromatic rings. The Bertz CT molecular complexity index is 1190. The van der Waals surface area contributed by atoms with Crippen molar-refractivity contribution in [2.24, 2.45) is 0 Å². The van der Waals surface area contributed by atoms with Gasteiger partial charge in [-0.3, -0.25) is 8.80 Å². The molecule has 0 aliphatic rings. The lowest BCUT2D eigenvalue weighted by Crippen LogP contribution is -1.99. The highest BCUT2D eigenvalue weighted by molar-refractivity contribution is 6.00. The molecule has 4 nitrogen and oxygen atoms in total. The van der Waals surface area contributed by atoms with Gasteiger partial charge in [-0.05, 0) is 32.0 Å². The second kappa shape index (κ2) is 3.85. The first-order chi connectivity index (χ1) is 10.8. The molecule has 0 saturated carbocycles. The number of para-hydroxylation sites is 3. The summed E-state index contributed by atoms with van der Waals surface area (Å²) in [6.07, 6.45) is 0. The molecule has 2 aromatic carbocycles. The standard InChI is InChI=1S/C18H14N4/c1-11-17-13-7-3-5-9-15(13)22-16-10-6-4-8-14(16)20-18(22)21(17)12(2)19-11/h3-10H,1-2H3. The van der Waals surface area contributed by atoms with Gasteiger partial charge in [-0.25, -0.2) is 9.97 Å². The van der Waals surface area contributed by atoms with Crippen molar-refractivity contribution in [3.05, 3.63) is 60.0 Å². The molecule has 0 radical (unpaired) electrons. The Morgan fingerprint density at radius 1 is 0.773 bits per heavy atom. The lowest BCUT2D eigenvalue weighted by molar-refractivity contribution is 1.02. The smallest absolute Gasteiger partial charge is 0.221 e. The number of nitrogens with zero attached hydrogens (tertiary/aromatic N) is 4. The molecule has 4 heteroatoms. The van der Waals surface area contributed by atoms with Crippen LogP contribution in [0.1, 0.15) is 11.5 Å². The highest BCUT2D eigenvalue weighted by atomic mass is 15.2. The molecular formula is C18H14N4. The van der Waals surface area contributed by atoms with Gasteiger partial charge in [0.05, 0.1) is 27.8 Å². The lowest BCUT2D eigenvalue weighted by Gasteiger charge is -2.08. The van der Waals surface area contributed by atoms with Crippen molar-refractivity contribution in [1.29, 1.82) is 0 Å². The van der Waals surface area contributed by atoms with Gasteiger partial charge in [0.2, 0.25) is 5.78 Å². The Labute approximate surface area is 126 Å². The highest BCUT2D eigenvalue weighted by Gasteiger charge is 2.16. The summed E-state index contributed by atoms with van der Waals surface area (Å²) < 4.78 is 4.39. The van der Waals surface area contributed by atoms with Gasteiger partial charge >= 0.3 is 0 Å². The molecule has 5 rings (SSSR count). The maximum atomic E-state index is 4.85. The van der Waals surface area contributed by atoms with Crippen LogP contribution in [0, 0.1) is 13.8 Å². The first-order valence-corrected chi connectivity index (χ1v) is 7.39. The monoisotopic (exact) mass is 286 g/mol. The number of hydrogen-bond acceptors (Lipinski definition) is 2. The zero-order valence-electron chi connectivity index (χ0n) is 12.4. The second-order valence-electron chi connectivity index (χ2n) is 5.68. The minimum absolute atomic E-state index is 0.924. The van der Waals surface area contributed by atoms with Gasteiger partial charge in [-0.1, -0.05) is 30.3 Å². The number of hydrogen-bond donors (Lipinski definition) is 0. The Hall–Kier alpha value is -2.88. The fraction of sp³-hybridized carbons (Fsp3) is 0.111. The van der Waals surface area contributed by atoms with E-state index in [1.807, 2.05) is 13.0 Å². The summed E-state index contributed by atoms with van der Waals surface area (Å²) in [5.74, 6) is 1.89. The van der Waals surface area contributed by atoms with E-state index < -0.39 is 0 Å². The van der Waals surface area contributed by atoms with Crippen molar-refractivity contribution in [2.45, 2.75) is 13.8 Å². The topological polar surface area (TPSA) is 34.6 Å². The summed E-state index contributed by atoms with van der Waals surface area (Å²) >= 11 is 0. The van der Waals surface area contributed by atoms with Crippen LogP contribution in [0.2, 0.25) is 0 Å². The van der Waals surface area contributed by atoms with Crippen LogP contribution in [0.25, 0.3) is 33.2 Å². The molecule has 0 spiro atoms. The number of rotatable bonds is 0. The highest BCUT2D eigenvalue weighted by Crippen LogP contribution is 2.29. The molecule has 0 bridgehead atoms. The normalized spacial score (nSPS) is 12.1. The Morgan fingerprint density at radius 2 is 1.50 bits per heavy atom. The molecule has 0 aliphatic carbocycles. The van der Waals surface area contributed by atoms with Crippen LogP contribution >= 0.6 is 0 Å². The molecule has 3 heterocycles. The Balaban J connectivity index is 2.27. The van der Waals surface area contributed by atoms with Gasteiger partial charge in [0, 0.05) is 5.39 Å². The number of imidazole rings is 2. The van der Waals surface area contributed by atoms with Crippen LogP contribution in [0.4, 0.5) is 0 Å². The Morgan fingerprint density at radius 3 is 2.36 bits per heavy atom. The van der Waals surface area contributed by atoms with E-state index in [4.69, 9.17) is 4.98 Å². The quantitative estimate of drug-likeness (QED) is 0.432. The van der Waals surface area contributed by atoms with E-state index in [9.17, 15) is 0 Å². The minimum Gasteiger partial charge on any atom is -0.277 e. The predicted molar refractivity (Wildman–Crippen MR) is 88.4 cm³/mol. The molecule has 0 unspecified atom stereocenters. The van der Waals surface area contributed by atoms with Gasteiger partial charge in [0.25, 0.3) is 0 Å². The molecule has 106 valence electrons. The first kappa shape index (κ1) is 11.7. The van der Waals surface area contributed by atoms with Crippen LogP contribution in [0.3, 0.4) is 0 Å². The molecule has 22 heavy (non-hydrogen) atoms. The van der Waals surface area contributed by atoms with Crippen molar-refractivity contribution in [3.8, 4) is 0 Å². The van der Waals surface area contributed by atoms with E-state index in [-0.39, 0.29) is 0 Å². The third-order valence-corrected chi connectivity index (χ3v) is 4.36. The van der Waals surface area contributed by atoms with Crippen LogP contribution in [0.15, 0.2) is 48.5 Å². The zero-order chi connectivity index (χ0) is 14.8. The van der Waals surface area contributed by atoms with E-state index in [0.717, 1.165) is 33.8 Å². The number of benzene rings is 2. The van der Waals surface area contributed by atoms with Crippen molar-refractivity contribution in [1.82, 2.24) is 18.8 Å². The summed E-state index contributed by atoms with van der Waals surface area (Å²) in [6.45, 7) is 4.10. The molecule has 3 aromatic heterocycles. The van der Waals surface area contributed by atoms with E-state index in [2.05, 4.69) is 63.2 Å².